The zero-order valence-electron chi connectivity index (χ0n) is 10.2. The average Bonchev–Trinajstić information content (AvgIpc) is 2.40. The number of nitrogens with one attached hydrogen (secondary N) is 1. The molecular formula is C13H12BrN3O2. The predicted octanol–water partition coefficient (Wildman–Crippen LogP) is 2.58. The Labute approximate surface area is 118 Å². The highest BCUT2D eigenvalue weighted by Gasteiger charge is 2.09. The molecule has 5 nitrogen and oxygen atoms in total. The first-order chi connectivity index (χ1) is 9.10. The molecule has 1 amide bonds. The summed E-state index contributed by atoms with van der Waals surface area (Å²) >= 11 is 3.31. The van der Waals surface area contributed by atoms with Gasteiger partial charge in [0, 0.05) is 23.3 Å². The van der Waals surface area contributed by atoms with Gasteiger partial charge in [0.05, 0.1) is 11.9 Å². The molecule has 0 aliphatic carbocycles. The molecule has 1 heterocycles. The Morgan fingerprint density at radius 2 is 2.16 bits per heavy atom. The van der Waals surface area contributed by atoms with Crippen LogP contribution in [0.2, 0.25) is 0 Å². The fraction of sp³-hybridized carbons (Fsp3) is 0.0769. The third-order valence-electron chi connectivity index (χ3n) is 2.41. The van der Waals surface area contributed by atoms with Crippen LogP contribution in [0.1, 0.15) is 10.4 Å². The number of halogens is 1. The number of pyridine rings is 1. The molecule has 0 unspecified atom stereocenters. The molecule has 0 fully saturated rings. The van der Waals surface area contributed by atoms with Crippen molar-refractivity contribution in [3.8, 4) is 11.5 Å². The minimum atomic E-state index is -0.197. The lowest BCUT2D eigenvalue weighted by Gasteiger charge is -2.10. The molecule has 0 aliphatic rings. The van der Waals surface area contributed by atoms with Crippen molar-refractivity contribution in [3.63, 3.8) is 0 Å². The largest absolute Gasteiger partial charge is 0.454 e. The van der Waals surface area contributed by atoms with Crippen LogP contribution in [0, 0.1) is 0 Å². The van der Waals surface area contributed by atoms with E-state index in [2.05, 4.69) is 26.2 Å². The summed E-state index contributed by atoms with van der Waals surface area (Å²) in [6.45, 7) is 0. The molecule has 0 spiro atoms. The van der Waals surface area contributed by atoms with E-state index in [-0.39, 0.29) is 5.91 Å². The number of carbonyl (C=O) groups is 1. The number of nitrogens with two attached hydrogens (primary N) is 1. The van der Waals surface area contributed by atoms with Crippen molar-refractivity contribution in [2.24, 2.45) is 0 Å². The zero-order chi connectivity index (χ0) is 13.8. The molecule has 0 saturated carbocycles. The van der Waals surface area contributed by atoms with Crippen molar-refractivity contribution in [1.82, 2.24) is 10.3 Å². The molecule has 2 rings (SSSR count). The van der Waals surface area contributed by atoms with Crippen molar-refractivity contribution in [2.75, 3.05) is 12.8 Å². The van der Waals surface area contributed by atoms with Crippen LogP contribution < -0.4 is 15.8 Å². The third kappa shape index (κ3) is 3.23. The van der Waals surface area contributed by atoms with Gasteiger partial charge >= 0.3 is 0 Å². The first-order valence-corrected chi connectivity index (χ1v) is 6.29. The smallest absolute Gasteiger partial charge is 0.251 e. The Balaban J connectivity index is 2.31. The van der Waals surface area contributed by atoms with E-state index >= 15 is 0 Å². The van der Waals surface area contributed by atoms with Gasteiger partial charge in [-0.3, -0.25) is 9.78 Å². The summed E-state index contributed by atoms with van der Waals surface area (Å²) in [7, 11) is 1.57. The van der Waals surface area contributed by atoms with Gasteiger partial charge in [-0.15, -0.1) is 0 Å². The van der Waals surface area contributed by atoms with Gasteiger partial charge in [-0.25, -0.2) is 0 Å². The molecule has 6 heteroatoms. The van der Waals surface area contributed by atoms with Crippen molar-refractivity contribution >= 4 is 27.5 Å². The Morgan fingerprint density at radius 3 is 2.84 bits per heavy atom. The lowest BCUT2D eigenvalue weighted by molar-refractivity contribution is 0.0963. The topological polar surface area (TPSA) is 77.2 Å². The number of nitrogens with zero attached hydrogens (tertiary/aromatic N) is 1. The summed E-state index contributed by atoms with van der Waals surface area (Å²) in [4.78, 5) is 15.5. The Hall–Kier alpha value is -2.08. The number of rotatable bonds is 3. The second-order valence-corrected chi connectivity index (χ2v) is 4.69. The number of anilines is 1. The maximum atomic E-state index is 11.6. The van der Waals surface area contributed by atoms with Crippen molar-refractivity contribution < 1.29 is 9.53 Å². The number of nitrogen functional groups attached to an aromatic ring is 1. The van der Waals surface area contributed by atoms with Gasteiger partial charge < -0.3 is 15.8 Å². The maximum Gasteiger partial charge on any atom is 0.251 e. The van der Waals surface area contributed by atoms with Crippen molar-refractivity contribution in [1.29, 1.82) is 0 Å². The molecule has 19 heavy (non-hydrogen) atoms. The molecular weight excluding hydrogens is 310 g/mol. The number of benzene rings is 1. The highest BCUT2D eigenvalue weighted by molar-refractivity contribution is 9.10. The molecule has 0 aliphatic heterocycles. The number of hydrogen-bond acceptors (Lipinski definition) is 4. The monoisotopic (exact) mass is 321 g/mol. The predicted molar refractivity (Wildman–Crippen MR) is 76.3 cm³/mol. The third-order valence-corrected chi connectivity index (χ3v) is 2.84. The minimum Gasteiger partial charge on any atom is -0.454 e. The van der Waals surface area contributed by atoms with Crippen LogP contribution in [0.4, 0.5) is 5.69 Å². The van der Waals surface area contributed by atoms with Crippen LogP contribution in [0.5, 0.6) is 11.5 Å². The normalized spacial score (nSPS) is 10.0. The Bertz CT molecular complexity index is 617. The van der Waals surface area contributed by atoms with Gasteiger partial charge in [-0.2, -0.15) is 0 Å². The summed E-state index contributed by atoms with van der Waals surface area (Å²) in [5, 5.41) is 2.55. The number of hydrogen-bond donors (Lipinski definition) is 2. The summed E-state index contributed by atoms with van der Waals surface area (Å²) in [5.74, 6) is 0.758. The summed E-state index contributed by atoms with van der Waals surface area (Å²) in [5.41, 5.74) is 6.76. The van der Waals surface area contributed by atoms with Gasteiger partial charge in [0.2, 0.25) is 0 Å². The van der Waals surface area contributed by atoms with Gasteiger partial charge in [-0.1, -0.05) is 0 Å². The van der Waals surface area contributed by atoms with Gasteiger partial charge in [0.1, 0.15) is 5.75 Å². The van der Waals surface area contributed by atoms with E-state index in [1.54, 1.807) is 43.7 Å². The van der Waals surface area contributed by atoms with Crippen LogP contribution in [0.3, 0.4) is 0 Å². The molecule has 3 N–H and O–H groups in total. The van der Waals surface area contributed by atoms with E-state index in [9.17, 15) is 4.79 Å². The van der Waals surface area contributed by atoms with E-state index in [4.69, 9.17) is 10.5 Å². The summed E-state index contributed by atoms with van der Waals surface area (Å²) in [6.07, 6.45) is 3.22. The number of aromatic nitrogens is 1. The van der Waals surface area contributed by atoms with E-state index in [1.807, 2.05) is 0 Å². The van der Waals surface area contributed by atoms with Crippen molar-refractivity contribution in [3.05, 3.63) is 46.7 Å². The molecule has 1 aromatic heterocycles. The number of amides is 1. The lowest BCUT2D eigenvalue weighted by atomic mass is 10.2. The minimum absolute atomic E-state index is 0.197. The van der Waals surface area contributed by atoms with Crippen LogP contribution >= 0.6 is 15.9 Å². The highest BCUT2D eigenvalue weighted by Crippen LogP contribution is 2.29. The second-order valence-electron chi connectivity index (χ2n) is 3.77. The fourth-order valence-electron chi connectivity index (χ4n) is 1.48. The summed E-state index contributed by atoms with van der Waals surface area (Å²) in [6, 6.07) is 6.62. The van der Waals surface area contributed by atoms with Gasteiger partial charge in [-0.05, 0) is 40.2 Å². The maximum absolute atomic E-state index is 11.6. The van der Waals surface area contributed by atoms with E-state index < -0.39 is 0 Å². The van der Waals surface area contributed by atoms with E-state index in [0.717, 1.165) is 4.47 Å². The molecule has 1 aromatic carbocycles. The number of ether oxygens (including phenoxy) is 1. The standard InChI is InChI=1S/C13H12BrN3O2/c1-16-13(18)8-2-3-11(15)12(4-8)19-10-5-9(14)6-17-7-10/h2-7H,15H2,1H3,(H,16,18). The van der Waals surface area contributed by atoms with Crippen LogP contribution in [0.25, 0.3) is 0 Å². The lowest BCUT2D eigenvalue weighted by Crippen LogP contribution is -2.17. The molecule has 0 saturated heterocycles. The molecule has 0 radical (unpaired) electrons. The Kier molecular flexibility index (Phi) is 4.01. The number of carbonyl (C=O) groups excluding carboxylic acids is 1. The first kappa shape index (κ1) is 13.4. The molecule has 98 valence electrons. The second kappa shape index (κ2) is 5.71. The molecule has 2 aromatic rings. The van der Waals surface area contributed by atoms with Crippen LogP contribution in [0.15, 0.2) is 41.1 Å². The fourth-order valence-corrected chi connectivity index (χ4v) is 1.83. The summed E-state index contributed by atoms with van der Waals surface area (Å²) < 4.78 is 6.43. The van der Waals surface area contributed by atoms with Crippen LogP contribution in [-0.2, 0) is 0 Å². The van der Waals surface area contributed by atoms with Crippen molar-refractivity contribution in [2.45, 2.75) is 0 Å². The molecule has 0 bridgehead atoms. The SMILES string of the molecule is CNC(=O)c1ccc(N)c(Oc2cncc(Br)c2)c1. The highest BCUT2D eigenvalue weighted by atomic mass is 79.9. The average molecular weight is 322 g/mol. The van der Waals surface area contributed by atoms with Gasteiger partial charge in [0.15, 0.2) is 5.75 Å². The Morgan fingerprint density at radius 1 is 1.37 bits per heavy atom. The quantitative estimate of drug-likeness (QED) is 0.852. The zero-order valence-corrected chi connectivity index (χ0v) is 11.8. The van der Waals surface area contributed by atoms with Gasteiger partial charge in [0.25, 0.3) is 5.91 Å². The first-order valence-electron chi connectivity index (χ1n) is 5.50. The van der Waals surface area contributed by atoms with Crippen LogP contribution in [-0.4, -0.2) is 17.9 Å². The molecule has 0 atom stereocenters. The van der Waals surface area contributed by atoms with E-state index in [1.165, 1.54) is 0 Å². The van der Waals surface area contributed by atoms with E-state index in [0.29, 0.717) is 22.7 Å².